The molecule has 0 aliphatic rings. The number of hydrogen-bond acceptors (Lipinski definition) is 10. The van der Waals surface area contributed by atoms with Gasteiger partial charge in [-0.05, 0) is 42.7 Å². The maximum Gasteiger partial charge on any atom is 0.178 e. The molecule has 0 spiro atoms. The third-order valence-corrected chi connectivity index (χ3v) is 5.66. The second kappa shape index (κ2) is 8.81. The van der Waals surface area contributed by atoms with Crippen molar-refractivity contribution in [1.29, 1.82) is 0 Å². The van der Waals surface area contributed by atoms with E-state index in [0.29, 0.717) is 37.0 Å². The number of pyridine rings is 2. The van der Waals surface area contributed by atoms with Gasteiger partial charge in [-0.1, -0.05) is 0 Å². The highest BCUT2D eigenvalue weighted by Crippen LogP contribution is 2.24. The normalized spacial score (nSPS) is 11.3. The van der Waals surface area contributed by atoms with Crippen LogP contribution in [0.1, 0.15) is 11.5 Å². The van der Waals surface area contributed by atoms with Gasteiger partial charge >= 0.3 is 0 Å². The summed E-state index contributed by atoms with van der Waals surface area (Å²) in [5.41, 5.74) is 4.81. The highest BCUT2D eigenvalue weighted by Gasteiger charge is 2.12. The Bertz CT molecular complexity index is 1380. The van der Waals surface area contributed by atoms with E-state index in [1.54, 1.807) is 24.0 Å². The van der Waals surface area contributed by atoms with Crippen molar-refractivity contribution in [2.24, 2.45) is 0 Å². The minimum absolute atomic E-state index is 0.423. The largest absolute Gasteiger partial charge is 0.489 e. The van der Waals surface area contributed by atoms with E-state index in [2.05, 4.69) is 29.9 Å². The summed E-state index contributed by atoms with van der Waals surface area (Å²) in [4.78, 5) is 9.94. The average molecular weight is 449 g/mol. The molecule has 0 aromatic carbocycles. The molecule has 0 bridgehead atoms. The lowest BCUT2D eigenvalue weighted by Crippen LogP contribution is -2.07. The fraction of sp³-hybridized carbons (Fsp3) is 0.238. The summed E-state index contributed by atoms with van der Waals surface area (Å²) in [6.07, 6.45) is 3.41. The fourth-order valence-electron chi connectivity index (χ4n) is 3.21. The van der Waals surface area contributed by atoms with E-state index in [1.165, 1.54) is 11.5 Å². The van der Waals surface area contributed by atoms with Gasteiger partial charge in [0.25, 0.3) is 0 Å². The molecule has 11 heteroatoms. The van der Waals surface area contributed by atoms with Crippen LogP contribution in [0, 0.1) is 6.92 Å². The zero-order valence-electron chi connectivity index (χ0n) is 17.5. The summed E-state index contributed by atoms with van der Waals surface area (Å²) in [5.74, 6) is 1.34. The van der Waals surface area contributed by atoms with Gasteiger partial charge in [0.1, 0.15) is 23.6 Å². The molecule has 0 saturated heterocycles. The first-order valence-corrected chi connectivity index (χ1v) is 10.7. The molecular weight excluding hydrogens is 428 g/mol. The Morgan fingerprint density at radius 1 is 1.09 bits per heavy atom. The maximum absolute atomic E-state index is 5.63. The Labute approximate surface area is 187 Å². The molecule has 5 heterocycles. The average Bonchev–Trinajstić information content (AvgIpc) is 3.43. The third-order valence-electron chi connectivity index (χ3n) is 4.75. The summed E-state index contributed by atoms with van der Waals surface area (Å²) in [6, 6.07) is 9.59. The van der Waals surface area contributed by atoms with E-state index in [0.717, 1.165) is 33.0 Å². The van der Waals surface area contributed by atoms with Crippen LogP contribution in [0.25, 0.3) is 27.3 Å². The maximum atomic E-state index is 5.63. The van der Waals surface area contributed by atoms with Crippen molar-refractivity contribution in [3.05, 3.63) is 54.2 Å². The van der Waals surface area contributed by atoms with E-state index in [-0.39, 0.29) is 0 Å². The highest BCUT2D eigenvalue weighted by atomic mass is 32.1. The van der Waals surface area contributed by atoms with E-state index in [9.17, 15) is 0 Å². The number of hydrogen-bond donors (Lipinski definition) is 1. The summed E-state index contributed by atoms with van der Waals surface area (Å²) in [5, 5.41) is 16.6. The number of aryl methyl sites for hydroxylation is 1. The van der Waals surface area contributed by atoms with Crippen molar-refractivity contribution in [1.82, 2.24) is 34.2 Å². The molecule has 0 fully saturated rings. The van der Waals surface area contributed by atoms with Gasteiger partial charge in [-0.15, -0.1) is 10.2 Å². The minimum atomic E-state index is 0.423. The van der Waals surface area contributed by atoms with Crippen LogP contribution in [0.5, 0.6) is 5.75 Å². The molecule has 5 aromatic rings. The van der Waals surface area contributed by atoms with Gasteiger partial charge in [-0.2, -0.15) is 14.0 Å². The molecule has 0 aliphatic heterocycles. The van der Waals surface area contributed by atoms with E-state index < -0.39 is 0 Å². The van der Waals surface area contributed by atoms with Crippen LogP contribution >= 0.6 is 11.5 Å². The molecule has 0 unspecified atom stereocenters. The van der Waals surface area contributed by atoms with Gasteiger partial charge in [0.05, 0.1) is 41.1 Å². The predicted molar refractivity (Wildman–Crippen MR) is 121 cm³/mol. The number of fused-ring (bicyclic) bond motifs is 2. The standard InChI is InChI=1S/C21H20N8O2S/c1-13-9-18(32-28-13)15-3-4-19-25-26-20(29(19)27-15)12-23-16-5-6-22-17-10-14(11-24-21(16)17)31-8-7-30-2/h3-6,9-11H,7-8,12H2,1-2H3,(H,22,23). The second-order valence-electron chi connectivity index (χ2n) is 7.03. The van der Waals surface area contributed by atoms with Gasteiger partial charge in [0, 0.05) is 19.4 Å². The first-order chi connectivity index (χ1) is 15.7. The molecule has 1 N–H and O–H groups in total. The topological polar surface area (TPSA) is 112 Å². The number of rotatable bonds is 8. The number of nitrogens with one attached hydrogen (secondary N) is 1. The van der Waals surface area contributed by atoms with Crippen molar-refractivity contribution in [3.8, 4) is 16.3 Å². The van der Waals surface area contributed by atoms with E-state index in [1.807, 2.05) is 37.3 Å². The summed E-state index contributed by atoms with van der Waals surface area (Å²) in [7, 11) is 1.64. The number of aromatic nitrogens is 7. The van der Waals surface area contributed by atoms with Gasteiger partial charge < -0.3 is 14.8 Å². The van der Waals surface area contributed by atoms with Crippen LogP contribution in [-0.2, 0) is 11.3 Å². The number of methoxy groups -OCH3 is 1. The number of anilines is 1. The molecule has 0 saturated carbocycles. The molecule has 10 nitrogen and oxygen atoms in total. The fourth-order valence-corrected chi connectivity index (χ4v) is 3.93. The first kappa shape index (κ1) is 20.2. The number of nitrogens with zero attached hydrogens (tertiary/aromatic N) is 7. The molecule has 0 atom stereocenters. The molecule has 162 valence electrons. The van der Waals surface area contributed by atoms with Gasteiger partial charge in [-0.3, -0.25) is 4.98 Å². The molecule has 5 aromatic heterocycles. The van der Waals surface area contributed by atoms with Crippen molar-refractivity contribution in [2.45, 2.75) is 13.5 Å². The van der Waals surface area contributed by atoms with Crippen LogP contribution in [0.3, 0.4) is 0 Å². The van der Waals surface area contributed by atoms with Crippen LogP contribution in [0.4, 0.5) is 5.69 Å². The monoisotopic (exact) mass is 448 g/mol. The van der Waals surface area contributed by atoms with Crippen molar-refractivity contribution in [3.63, 3.8) is 0 Å². The number of ether oxygens (including phenoxy) is 2. The molecule has 0 radical (unpaired) electrons. The predicted octanol–water partition coefficient (Wildman–Crippen LogP) is 3.14. The summed E-state index contributed by atoms with van der Waals surface area (Å²) >= 11 is 1.42. The zero-order chi connectivity index (χ0) is 21.9. The lowest BCUT2D eigenvalue weighted by atomic mass is 10.2. The Balaban J connectivity index is 1.38. The van der Waals surface area contributed by atoms with Crippen LogP contribution in [0.2, 0.25) is 0 Å². The third kappa shape index (κ3) is 4.07. The van der Waals surface area contributed by atoms with Crippen molar-refractivity contribution < 1.29 is 9.47 Å². The zero-order valence-corrected chi connectivity index (χ0v) is 18.3. The quantitative estimate of drug-likeness (QED) is 0.358. The summed E-state index contributed by atoms with van der Waals surface area (Å²) in [6.45, 7) is 3.36. The molecule has 0 aliphatic carbocycles. The van der Waals surface area contributed by atoms with Crippen LogP contribution in [0.15, 0.2) is 42.7 Å². The van der Waals surface area contributed by atoms with Gasteiger partial charge in [0.2, 0.25) is 0 Å². The smallest absolute Gasteiger partial charge is 0.178 e. The summed E-state index contributed by atoms with van der Waals surface area (Å²) < 4.78 is 16.7. The lowest BCUT2D eigenvalue weighted by molar-refractivity contribution is 0.146. The Morgan fingerprint density at radius 2 is 2.03 bits per heavy atom. The molecule has 32 heavy (non-hydrogen) atoms. The second-order valence-corrected chi connectivity index (χ2v) is 7.83. The minimum Gasteiger partial charge on any atom is -0.489 e. The molecule has 0 amide bonds. The highest BCUT2D eigenvalue weighted by molar-refractivity contribution is 7.09. The lowest BCUT2D eigenvalue weighted by Gasteiger charge is -2.10. The van der Waals surface area contributed by atoms with E-state index in [4.69, 9.17) is 14.6 Å². The van der Waals surface area contributed by atoms with Crippen LogP contribution < -0.4 is 10.1 Å². The van der Waals surface area contributed by atoms with Crippen molar-refractivity contribution >= 4 is 33.9 Å². The van der Waals surface area contributed by atoms with Gasteiger partial charge in [-0.25, -0.2) is 4.98 Å². The molecule has 5 rings (SSSR count). The van der Waals surface area contributed by atoms with E-state index >= 15 is 0 Å². The Kier molecular flexibility index (Phi) is 5.57. The SMILES string of the molecule is COCCOc1cnc2c(NCc3nnc4ccc(-c5cc(C)ns5)nn34)ccnc2c1. The van der Waals surface area contributed by atoms with Gasteiger partial charge in [0.15, 0.2) is 11.5 Å². The van der Waals surface area contributed by atoms with Crippen molar-refractivity contribution in [2.75, 3.05) is 25.6 Å². The Morgan fingerprint density at radius 3 is 2.88 bits per heavy atom. The Hall–Kier alpha value is -3.70. The molecular formula is C21H20N8O2S. The first-order valence-electron chi connectivity index (χ1n) is 9.96. The van der Waals surface area contributed by atoms with Crippen LogP contribution in [-0.4, -0.2) is 54.5 Å².